The summed E-state index contributed by atoms with van der Waals surface area (Å²) in [6.07, 6.45) is -0.293. The molecule has 0 unspecified atom stereocenters. The maximum absolute atomic E-state index is 13.0. The molecule has 3 aromatic rings. The van der Waals surface area contributed by atoms with Crippen LogP contribution in [0.2, 0.25) is 0 Å². The molecule has 0 aliphatic carbocycles. The van der Waals surface area contributed by atoms with Crippen molar-refractivity contribution in [2.45, 2.75) is 42.8 Å². The Labute approximate surface area is 188 Å². The van der Waals surface area contributed by atoms with E-state index >= 15 is 0 Å². The lowest BCUT2D eigenvalue weighted by Gasteiger charge is -2.16. The van der Waals surface area contributed by atoms with Gasteiger partial charge < -0.3 is 14.2 Å². The van der Waals surface area contributed by atoms with E-state index in [1.54, 1.807) is 19.1 Å². The third-order valence-electron chi connectivity index (χ3n) is 4.72. The average Bonchev–Trinajstić information content (AvgIpc) is 2.82. The third kappa shape index (κ3) is 5.88. The molecule has 7 heteroatoms. The Morgan fingerprint density at radius 2 is 1.38 bits per heavy atom. The molecule has 0 spiro atoms. The first kappa shape index (κ1) is 23.3. The molecule has 0 fully saturated rings. The molecule has 32 heavy (non-hydrogen) atoms. The van der Waals surface area contributed by atoms with Gasteiger partial charge in [-0.3, -0.25) is 0 Å². The second-order valence-electron chi connectivity index (χ2n) is 6.99. The van der Waals surface area contributed by atoms with Gasteiger partial charge in [0.15, 0.2) is 6.10 Å². The fraction of sp³-hybridized carbons (Fsp3) is 0.240. The van der Waals surface area contributed by atoms with E-state index in [9.17, 15) is 13.2 Å². The average molecular weight is 455 g/mol. The van der Waals surface area contributed by atoms with Gasteiger partial charge in [0.05, 0.1) is 16.4 Å². The molecule has 6 nitrogen and oxygen atoms in total. The Kier molecular flexibility index (Phi) is 7.89. The van der Waals surface area contributed by atoms with Crippen molar-refractivity contribution in [2.24, 2.45) is 0 Å². The van der Waals surface area contributed by atoms with E-state index in [0.717, 1.165) is 5.56 Å². The van der Waals surface area contributed by atoms with Crippen molar-refractivity contribution < 1.29 is 27.4 Å². The highest BCUT2D eigenvalue weighted by Crippen LogP contribution is 2.26. The molecule has 0 saturated heterocycles. The number of ether oxygens (including phenoxy) is 3. The van der Waals surface area contributed by atoms with Crippen LogP contribution in [0, 0.1) is 0 Å². The molecule has 0 aliphatic heterocycles. The molecule has 0 aliphatic rings. The minimum atomic E-state index is -3.70. The van der Waals surface area contributed by atoms with Gasteiger partial charge in [-0.2, -0.15) is 0 Å². The van der Waals surface area contributed by atoms with Crippen molar-refractivity contribution in [1.29, 1.82) is 0 Å². The van der Waals surface area contributed by atoms with Crippen LogP contribution in [0.5, 0.6) is 11.5 Å². The summed E-state index contributed by atoms with van der Waals surface area (Å²) in [7, 11) is -3.70. The molecule has 3 rings (SSSR count). The van der Waals surface area contributed by atoms with E-state index in [4.69, 9.17) is 14.2 Å². The molecule has 3 aromatic carbocycles. The highest BCUT2D eigenvalue weighted by Gasteiger charge is 2.21. The third-order valence-corrected chi connectivity index (χ3v) is 6.50. The van der Waals surface area contributed by atoms with Crippen LogP contribution in [0.4, 0.5) is 0 Å². The van der Waals surface area contributed by atoms with Gasteiger partial charge in [0, 0.05) is 0 Å². The first-order chi connectivity index (χ1) is 15.4. The van der Waals surface area contributed by atoms with E-state index < -0.39 is 21.9 Å². The molecule has 168 valence electrons. The fourth-order valence-electron chi connectivity index (χ4n) is 2.99. The lowest BCUT2D eigenvalue weighted by Crippen LogP contribution is -2.28. The fourth-order valence-corrected chi connectivity index (χ4v) is 4.25. The summed E-state index contributed by atoms with van der Waals surface area (Å²) < 4.78 is 42.2. The lowest BCUT2D eigenvalue weighted by molar-refractivity contribution is -0.151. The van der Waals surface area contributed by atoms with Crippen LogP contribution < -0.4 is 9.47 Å². The van der Waals surface area contributed by atoms with Crippen LogP contribution in [0.3, 0.4) is 0 Å². The highest BCUT2D eigenvalue weighted by molar-refractivity contribution is 7.91. The number of carbonyl (C=O) groups excluding carboxylic acids is 1. The Hall–Kier alpha value is -3.32. The number of sulfone groups is 1. The smallest absolute Gasteiger partial charge is 0.347 e. The largest absolute Gasteiger partial charge is 0.489 e. The predicted molar refractivity (Wildman–Crippen MR) is 120 cm³/mol. The van der Waals surface area contributed by atoms with E-state index in [1.807, 2.05) is 37.3 Å². The number of hydrogen-bond acceptors (Lipinski definition) is 6. The predicted octanol–water partition coefficient (Wildman–Crippen LogP) is 4.82. The van der Waals surface area contributed by atoms with Crippen LogP contribution in [0.1, 0.15) is 25.8 Å². The zero-order valence-electron chi connectivity index (χ0n) is 18.1. The monoisotopic (exact) mass is 454 g/mol. The van der Waals surface area contributed by atoms with Crippen LogP contribution in [0.15, 0.2) is 88.7 Å². The number of hydrogen-bond donors (Lipinski definition) is 0. The Morgan fingerprint density at radius 1 is 0.812 bits per heavy atom. The van der Waals surface area contributed by atoms with Gasteiger partial charge >= 0.3 is 5.97 Å². The molecule has 0 amide bonds. The molecular formula is C25H26O6S. The highest BCUT2D eigenvalue weighted by atomic mass is 32.2. The Bertz CT molecular complexity index is 1110. The molecule has 0 N–H and O–H groups in total. The number of benzene rings is 3. The van der Waals surface area contributed by atoms with E-state index in [2.05, 4.69) is 0 Å². The van der Waals surface area contributed by atoms with E-state index in [1.165, 1.54) is 36.4 Å². The zero-order valence-corrected chi connectivity index (χ0v) is 18.9. The summed E-state index contributed by atoms with van der Waals surface area (Å²) in [5, 5.41) is 0. The molecule has 0 saturated carbocycles. The normalized spacial score (nSPS) is 12.1. The summed E-state index contributed by atoms with van der Waals surface area (Å²) in [6.45, 7) is 4.21. The van der Waals surface area contributed by atoms with Gasteiger partial charge in [-0.15, -0.1) is 0 Å². The van der Waals surface area contributed by atoms with Gasteiger partial charge in [0.1, 0.15) is 18.1 Å². The maximum Gasteiger partial charge on any atom is 0.347 e. The van der Waals surface area contributed by atoms with Crippen molar-refractivity contribution in [3.63, 3.8) is 0 Å². The summed E-state index contributed by atoms with van der Waals surface area (Å²) in [6, 6.07) is 22.0. The first-order valence-electron chi connectivity index (χ1n) is 10.4. The van der Waals surface area contributed by atoms with Crippen LogP contribution in [-0.4, -0.2) is 27.1 Å². The van der Waals surface area contributed by atoms with Crippen molar-refractivity contribution in [1.82, 2.24) is 0 Å². The topological polar surface area (TPSA) is 78.9 Å². The summed E-state index contributed by atoms with van der Waals surface area (Å²) in [5.74, 6) is 0.538. The lowest BCUT2D eigenvalue weighted by atomic mass is 10.2. The van der Waals surface area contributed by atoms with Gasteiger partial charge in [-0.1, -0.05) is 37.3 Å². The Balaban J connectivity index is 1.67. The number of esters is 1. The minimum absolute atomic E-state index is 0.131. The van der Waals surface area contributed by atoms with Crippen LogP contribution in [0.25, 0.3) is 0 Å². The van der Waals surface area contributed by atoms with Crippen molar-refractivity contribution >= 4 is 15.8 Å². The second kappa shape index (κ2) is 10.8. The number of rotatable bonds is 10. The van der Waals surface area contributed by atoms with Crippen LogP contribution >= 0.6 is 0 Å². The van der Waals surface area contributed by atoms with Gasteiger partial charge in [0.2, 0.25) is 9.84 Å². The standard InChI is InChI=1S/C25H26O6S/c1-3-24(25(26)29-4-2)31-21-12-16-23(17-13-21)32(27,28)22-14-10-20(11-15-22)30-18-19-8-6-5-7-9-19/h5-17,24H,3-4,18H2,1-2H3/t24-/m0/s1. The van der Waals surface area contributed by atoms with Gasteiger partial charge in [-0.05, 0) is 67.4 Å². The molecule has 1 atom stereocenters. The van der Waals surface area contributed by atoms with Crippen molar-refractivity contribution in [3.05, 3.63) is 84.4 Å². The molecule has 0 radical (unpaired) electrons. The SMILES string of the molecule is CCOC(=O)[C@H](CC)Oc1ccc(S(=O)(=O)c2ccc(OCc3ccccc3)cc2)cc1. The molecule has 0 heterocycles. The quantitative estimate of drug-likeness (QED) is 0.409. The molecular weight excluding hydrogens is 428 g/mol. The van der Waals surface area contributed by atoms with Crippen LogP contribution in [-0.2, 0) is 26.0 Å². The second-order valence-corrected chi connectivity index (χ2v) is 8.94. The van der Waals surface area contributed by atoms with Gasteiger partial charge in [-0.25, -0.2) is 13.2 Å². The van der Waals surface area contributed by atoms with Gasteiger partial charge in [0.25, 0.3) is 0 Å². The summed E-state index contributed by atoms with van der Waals surface area (Å²) in [4.78, 5) is 12.2. The van der Waals surface area contributed by atoms with Crippen molar-refractivity contribution in [3.8, 4) is 11.5 Å². The first-order valence-corrected chi connectivity index (χ1v) is 11.9. The van der Waals surface area contributed by atoms with E-state index in [0.29, 0.717) is 24.5 Å². The summed E-state index contributed by atoms with van der Waals surface area (Å²) >= 11 is 0. The van der Waals surface area contributed by atoms with E-state index in [-0.39, 0.29) is 16.4 Å². The van der Waals surface area contributed by atoms with Crippen molar-refractivity contribution in [2.75, 3.05) is 6.61 Å². The zero-order chi connectivity index (χ0) is 23.0. The maximum atomic E-state index is 13.0. The minimum Gasteiger partial charge on any atom is -0.489 e. The summed E-state index contributed by atoms with van der Waals surface area (Å²) in [5.41, 5.74) is 1.03. The Morgan fingerprint density at radius 3 is 1.91 bits per heavy atom. The number of carbonyl (C=O) groups is 1. The molecule has 0 bridgehead atoms. The molecule has 0 aromatic heterocycles.